The van der Waals surface area contributed by atoms with Crippen molar-refractivity contribution in [2.45, 2.75) is 6.42 Å². The fourth-order valence-corrected chi connectivity index (χ4v) is 3.94. The number of carbonyl (C=O) groups is 1. The van der Waals surface area contributed by atoms with Crippen molar-refractivity contribution in [3.05, 3.63) is 118 Å². The maximum absolute atomic E-state index is 14.0. The third kappa shape index (κ3) is 4.53. The van der Waals surface area contributed by atoms with E-state index < -0.39 is 45.7 Å². The highest BCUT2D eigenvalue weighted by Gasteiger charge is 2.31. The zero-order valence-electron chi connectivity index (χ0n) is 19.1. The normalized spacial score (nSPS) is 12.2. The molecule has 1 heterocycles. The third-order valence-electron chi connectivity index (χ3n) is 5.94. The molecule has 2 N–H and O–H groups in total. The van der Waals surface area contributed by atoms with Gasteiger partial charge in [-0.1, -0.05) is 12.1 Å². The smallest absolute Gasteiger partial charge is 0.226 e. The molecule has 0 aliphatic rings. The molecule has 11 heteroatoms. The number of benzene rings is 4. The number of carbonyl (C=O) groups excluding carboxylic acids is 1. The number of fused-ring (bicyclic) bond motifs is 1. The number of Topliss-reactive ketones (excluding diaryl/α,β-unsaturated/α-hetero) is 1. The van der Waals surface area contributed by atoms with Gasteiger partial charge in [0.05, 0.1) is 11.0 Å². The van der Waals surface area contributed by atoms with Gasteiger partial charge in [-0.05, 0) is 48.0 Å². The molecule has 1 atom stereocenters. The summed E-state index contributed by atoms with van der Waals surface area (Å²) in [7, 11) is 0. The van der Waals surface area contributed by atoms with Crippen LogP contribution in [-0.4, -0.2) is 15.8 Å². The van der Waals surface area contributed by atoms with Gasteiger partial charge in [0.2, 0.25) is 34.8 Å². The molecule has 0 amide bonds. The van der Waals surface area contributed by atoms with Gasteiger partial charge in [0.25, 0.3) is 0 Å². The number of nitrogens with one attached hydrogen (secondary N) is 2. The number of imidazole rings is 1. The van der Waals surface area contributed by atoms with E-state index in [1.807, 2.05) is 0 Å². The largest absolute Gasteiger partial charge is 0.623 e. The Bertz CT molecular complexity index is 1660. The Hall–Kier alpha value is -4.48. The predicted molar refractivity (Wildman–Crippen MR) is 126 cm³/mol. The fourth-order valence-electron chi connectivity index (χ4n) is 3.94. The lowest BCUT2D eigenvalue weighted by atomic mass is 10.0. The van der Waals surface area contributed by atoms with Crippen molar-refractivity contribution >= 4 is 28.2 Å². The summed E-state index contributed by atoms with van der Waals surface area (Å²) < 4.78 is 81.5. The van der Waals surface area contributed by atoms with Gasteiger partial charge in [-0.25, -0.2) is 22.5 Å². The lowest BCUT2D eigenvalue weighted by molar-refractivity contribution is -0.701. The van der Waals surface area contributed by atoms with Crippen LogP contribution in [0, 0.1) is 40.1 Å². The Balaban J connectivity index is 1.39. The van der Waals surface area contributed by atoms with Gasteiger partial charge in [0, 0.05) is 29.7 Å². The molecule has 0 spiro atoms. The van der Waals surface area contributed by atoms with Gasteiger partial charge >= 0.3 is 0 Å². The Morgan fingerprint density at radius 3 is 2.03 bits per heavy atom. The number of nitrogens with zero attached hydrogens (tertiary/aromatic N) is 1. The Morgan fingerprint density at radius 2 is 1.39 bits per heavy atom. The fraction of sp³-hybridized carbons (Fsp3) is 0.0370. The van der Waals surface area contributed by atoms with E-state index in [0.29, 0.717) is 33.5 Å². The van der Waals surface area contributed by atoms with Crippen LogP contribution in [0.4, 0.5) is 37.7 Å². The summed E-state index contributed by atoms with van der Waals surface area (Å²) in [6.07, 6.45) is 0.0747. The molecule has 5 aromatic rings. The summed E-state index contributed by atoms with van der Waals surface area (Å²) in [5.41, 5.74) is 0.723. The molecule has 0 fully saturated rings. The number of H-pyrrole nitrogens is 1. The molecule has 38 heavy (non-hydrogen) atoms. The van der Waals surface area contributed by atoms with Crippen LogP contribution in [0.1, 0.15) is 15.9 Å². The average Bonchev–Trinajstić information content (AvgIpc) is 3.36. The molecule has 1 unspecified atom stereocenters. The molecular formula is C27H15F6N3O2. The van der Waals surface area contributed by atoms with Crippen LogP contribution in [0.2, 0.25) is 0 Å². The van der Waals surface area contributed by atoms with Crippen LogP contribution in [0.3, 0.4) is 0 Å². The van der Waals surface area contributed by atoms with Gasteiger partial charge in [-0.15, -0.1) is 0 Å². The minimum Gasteiger partial charge on any atom is -0.623 e. The van der Waals surface area contributed by atoms with E-state index in [1.165, 1.54) is 48.5 Å². The van der Waals surface area contributed by atoms with Crippen molar-refractivity contribution in [3.63, 3.8) is 0 Å². The van der Waals surface area contributed by atoms with Crippen molar-refractivity contribution in [1.29, 1.82) is 0 Å². The summed E-state index contributed by atoms with van der Waals surface area (Å²) in [5.74, 6) is -11.4. The zero-order chi connectivity index (χ0) is 27.1. The first-order valence-electron chi connectivity index (χ1n) is 11.1. The van der Waals surface area contributed by atoms with Crippen molar-refractivity contribution in [3.8, 4) is 11.4 Å². The molecule has 5 rings (SSSR count). The van der Waals surface area contributed by atoms with Crippen LogP contribution >= 0.6 is 0 Å². The van der Waals surface area contributed by atoms with Gasteiger partial charge < -0.3 is 15.3 Å². The number of halogens is 6. The molecule has 0 aliphatic carbocycles. The van der Waals surface area contributed by atoms with E-state index in [0.717, 1.165) is 0 Å². The van der Waals surface area contributed by atoms with E-state index in [9.17, 15) is 36.3 Å². The molecule has 0 aliphatic heterocycles. The Morgan fingerprint density at radius 1 is 0.789 bits per heavy atom. The van der Waals surface area contributed by atoms with E-state index in [1.54, 1.807) is 18.2 Å². The summed E-state index contributed by atoms with van der Waals surface area (Å²) in [6, 6.07) is 15.6. The van der Waals surface area contributed by atoms with Crippen LogP contribution in [0.25, 0.3) is 22.4 Å². The number of aromatic nitrogens is 2. The number of ketones is 1. The lowest BCUT2D eigenvalue weighted by Gasteiger charge is -2.22. The van der Waals surface area contributed by atoms with Crippen molar-refractivity contribution < 1.29 is 36.2 Å². The minimum atomic E-state index is -2.35. The number of hydrogen-bond acceptors (Lipinski definition) is 3. The van der Waals surface area contributed by atoms with Gasteiger partial charge in [0.15, 0.2) is 5.78 Å². The molecular weight excluding hydrogens is 512 g/mol. The molecule has 0 saturated heterocycles. The highest BCUT2D eigenvalue weighted by molar-refractivity contribution is 6.00. The molecule has 5 nitrogen and oxygen atoms in total. The second-order valence-corrected chi connectivity index (χ2v) is 8.40. The molecule has 0 bridgehead atoms. The summed E-state index contributed by atoms with van der Waals surface area (Å²) in [6.45, 7) is 0. The lowest BCUT2D eigenvalue weighted by Crippen LogP contribution is -2.97. The molecule has 0 radical (unpaired) electrons. The third-order valence-corrected chi connectivity index (χ3v) is 5.94. The second-order valence-electron chi connectivity index (χ2n) is 8.40. The SMILES string of the molecule is O=C(Cc1ccc(F)cc1)c1ccc2nc(-c3ccc([NH+]([O-])c4c(F)c(F)c(F)c(F)c4F)cc3)[nH]c2c1. The summed E-state index contributed by atoms with van der Waals surface area (Å²) in [4.78, 5) is 20.1. The molecule has 1 aromatic heterocycles. The first kappa shape index (κ1) is 25.2. The average molecular weight is 527 g/mol. The maximum Gasteiger partial charge on any atom is 0.226 e. The second kappa shape index (κ2) is 9.77. The molecule has 0 saturated carbocycles. The van der Waals surface area contributed by atoms with Crippen LogP contribution in [0.5, 0.6) is 0 Å². The zero-order valence-corrected chi connectivity index (χ0v) is 19.1. The standard InChI is InChI=1S/C27H15F6N3O2/c28-16-6-1-13(2-7-16)11-20(37)15-5-10-18-19(12-15)35-27(34-18)14-3-8-17(9-4-14)36(38)26-24(32)22(30)21(29)23(31)25(26)33/h1-10,12,36H,11H2,(H,34,35). The van der Waals surface area contributed by atoms with Crippen LogP contribution in [-0.2, 0) is 6.42 Å². The first-order valence-corrected chi connectivity index (χ1v) is 11.1. The van der Waals surface area contributed by atoms with E-state index in [4.69, 9.17) is 0 Å². The van der Waals surface area contributed by atoms with Gasteiger partial charge in [-0.3, -0.25) is 4.79 Å². The molecule has 4 aromatic carbocycles. The number of hydrogen-bond donors (Lipinski definition) is 2. The quantitative estimate of drug-likeness (QED) is 0.0959. The van der Waals surface area contributed by atoms with Crippen molar-refractivity contribution in [2.24, 2.45) is 0 Å². The van der Waals surface area contributed by atoms with E-state index >= 15 is 0 Å². The topological polar surface area (TPSA) is 73.2 Å². The molecule has 192 valence electrons. The maximum atomic E-state index is 14.0. The van der Waals surface area contributed by atoms with Crippen LogP contribution in [0.15, 0.2) is 66.7 Å². The van der Waals surface area contributed by atoms with Gasteiger partial charge in [0.1, 0.15) is 17.3 Å². The summed E-state index contributed by atoms with van der Waals surface area (Å²) in [5, 5.41) is 11.2. The monoisotopic (exact) mass is 527 g/mol. The number of aromatic amines is 1. The van der Waals surface area contributed by atoms with Crippen LogP contribution < -0.4 is 5.06 Å². The highest BCUT2D eigenvalue weighted by Crippen LogP contribution is 2.27. The minimum absolute atomic E-state index is 0.0747. The predicted octanol–water partition coefficient (Wildman–Crippen LogP) is 5.84. The Labute approximate surface area is 210 Å². The Kier molecular flexibility index (Phi) is 6.47. The highest BCUT2D eigenvalue weighted by atomic mass is 19.2. The first-order chi connectivity index (χ1) is 18.1. The number of rotatable bonds is 6. The van der Waals surface area contributed by atoms with Crippen molar-refractivity contribution in [2.75, 3.05) is 0 Å². The van der Waals surface area contributed by atoms with E-state index in [2.05, 4.69) is 9.97 Å². The number of quaternary nitrogens is 1. The van der Waals surface area contributed by atoms with E-state index in [-0.39, 0.29) is 17.9 Å². The van der Waals surface area contributed by atoms with Crippen molar-refractivity contribution in [1.82, 2.24) is 9.97 Å². The van der Waals surface area contributed by atoms with Gasteiger partial charge in [-0.2, -0.15) is 8.78 Å². The summed E-state index contributed by atoms with van der Waals surface area (Å²) >= 11 is 0.